The van der Waals surface area contributed by atoms with Crippen molar-refractivity contribution in [3.8, 4) is 11.5 Å². The average Bonchev–Trinajstić information content (AvgIpc) is 2.81. The Kier molecular flexibility index (Phi) is 8.74. The van der Waals surface area contributed by atoms with Crippen LogP contribution in [0.4, 0.5) is 26.3 Å². The number of sulfone groups is 2. The molecule has 3 rings (SSSR count). The number of hydrogen-bond donors (Lipinski definition) is 1. The molecule has 0 aliphatic heterocycles. The van der Waals surface area contributed by atoms with Crippen LogP contribution >= 0.6 is 0 Å². The number of ether oxygens (including phenoxy) is 2. The van der Waals surface area contributed by atoms with Crippen molar-refractivity contribution in [1.82, 2.24) is 4.72 Å². The highest BCUT2D eigenvalue weighted by molar-refractivity contribution is 7.94. The summed E-state index contributed by atoms with van der Waals surface area (Å²) in [6, 6.07) is 7.78. The lowest BCUT2D eigenvalue weighted by Crippen LogP contribution is -2.25. The molecule has 0 unspecified atom stereocenters. The molecule has 3 aromatic carbocycles. The molecule has 1 atom stereocenters. The summed E-state index contributed by atoms with van der Waals surface area (Å²) in [6.07, 6.45) is -9.46. The summed E-state index contributed by atoms with van der Waals surface area (Å²) in [5, 5.41) is 0. The van der Waals surface area contributed by atoms with Gasteiger partial charge in [-0.1, -0.05) is 12.1 Å². The van der Waals surface area contributed by atoms with Gasteiger partial charge in [0.25, 0.3) is 0 Å². The predicted molar refractivity (Wildman–Crippen MR) is 130 cm³/mol. The van der Waals surface area contributed by atoms with Gasteiger partial charge in [0.2, 0.25) is 29.7 Å². The molecule has 0 bridgehead atoms. The van der Waals surface area contributed by atoms with Crippen LogP contribution in [0.3, 0.4) is 0 Å². The molecule has 0 spiro atoms. The molecule has 0 radical (unpaired) electrons. The molecule has 224 valence electrons. The quantitative estimate of drug-likeness (QED) is 0.329. The second kappa shape index (κ2) is 11.1. The number of halogens is 6. The summed E-state index contributed by atoms with van der Waals surface area (Å²) in [6.45, 7) is 1.47. The predicted octanol–water partition coefficient (Wildman–Crippen LogP) is 4.76. The van der Waals surface area contributed by atoms with E-state index in [2.05, 4.69) is 14.2 Å². The fourth-order valence-corrected chi connectivity index (χ4v) is 7.63. The normalized spacial score (nSPS) is 14.0. The van der Waals surface area contributed by atoms with Crippen LogP contribution in [0.25, 0.3) is 0 Å². The summed E-state index contributed by atoms with van der Waals surface area (Å²) in [5.41, 5.74) is 0.331. The van der Waals surface area contributed by atoms with E-state index in [1.165, 1.54) is 19.1 Å². The Morgan fingerprint density at radius 3 is 1.51 bits per heavy atom. The fourth-order valence-electron chi connectivity index (χ4n) is 3.52. The molecule has 0 aliphatic carbocycles. The number of alkyl halides is 6. The number of sulfonamides is 1. The van der Waals surface area contributed by atoms with Crippen molar-refractivity contribution in [2.45, 2.75) is 45.3 Å². The van der Waals surface area contributed by atoms with Gasteiger partial charge in [-0.2, -0.15) is 0 Å². The Morgan fingerprint density at radius 1 is 0.634 bits per heavy atom. The summed E-state index contributed by atoms with van der Waals surface area (Å²) in [7, 11) is -13.4. The van der Waals surface area contributed by atoms with Crippen LogP contribution in [-0.4, -0.2) is 44.2 Å². The third-order valence-electron chi connectivity index (χ3n) is 5.18. The number of hydrogen-bond acceptors (Lipinski definition) is 8. The Morgan fingerprint density at radius 2 is 1.05 bits per heavy atom. The molecule has 9 nitrogen and oxygen atoms in total. The maximum atomic E-state index is 13.5. The molecular weight excluding hydrogens is 628 g/mol. The molecule has 0 heterocycles. The Labute approximate surface area is 230 Å². The zero-order valence-corrected chi connectivity index (χ0v) is 23.1. The lowest BCUT2D eigenvalue weighted by atomic mass is 10.1. The summed E-state index contributed by atoms with van der Waals surface area (Å²) in [4.78, 5) is -3.37. The fraction of sp³-hybridized carbons (Fsp3) is 0.217. The van der Waals surface area contributed by atoms with Crippen molar-refractivity contribution in [3.05, 3.63) is 72.3 Å². The molecule has 1 N–H and O–H groups in total. The van der Waals surface area contributed by atoms with Crippen molar-refractivity contribution in [3.63, 3.8) is 0 Å². The average molecular weight is 648 g/mol. The van der Waals surface area contributed by atoms with E-state index in [4.69, 9.17) is 0 Å². The highest BCUT2D eigenvalue weighted by Crippen LogP contribution is 2.36. The molecule has 0 aromatic heterocycles. The summed E-state index contributed by atoms with van der Waals surface area (Å²) in [5.74, 6) is -1.89. The molecule has 41 heavy (non-hydrogen) atoms. The first-order chi connectivity index (χ1) is 18.6. The molecule has 3 aromatic rings. The van der Waals surface area contributed by atoms with E-state index in [0.29, 0.717) is 48.0 Å². The topological polar surface area (TPSA) is 133 Å². The highest BCUT2D eigenvalue weighted by atomic mass is 32.2. The monoisotopic (exact) mass is 647 g/mol. The van der Waals surface area contributed by atoms with Gasteiger partial charge in [0.1, 0.15) is 11.5 Å². The smallest absolute Gasteiger partial charge is 0.406 e. The second-order valence-corrected chi connectivity index (χ2v) is 14.0. The van der Waals surface area contributed by atoms with E-state index >= 15 is 0 Å². The zero-order valence-electron chi connectivity index (χ0n) is 20.7. The van der Waals surface area contributed by atoms with Gasteiger partial charge in [-0.05, 0) is 61.0 Å². The van der Waals surface area contributed by atoms with E-state index in [0.717, 1.165) is 18.4 Å². The van der Waals surface area contributed by atoms with Gasteiger partial charge in [-0.25, -0.2) is 30.0 Å². The van der Waals surface area contributed by atoms with Crippen LogP contribution < -0.4 is 14.2 Å². The standard InChI is InChI=1S/C23H19F6NO8S3/c1-14(30-39(2,31)32)15-3-8-18(9-4-15)40(33,34)20-12-7-17(38-23(27,28)29)13-21(20)41(35,36)19-10-5-16(6-11-19)37-22(24,25)26/h3-14,30H,1-2H3/t14-/m0/s1. The number of benzene rings is 3. The highest BCUT2D eigenvalue weighted by Gasteiger charge is 2.35. The minimum absolute atomic E-state index is 0.322. The van der Waals surface area contributed by atoms with E-state index in [9.17, 15) is 51.6 Å². The summed E-state index contributed by atoms with van der Waals surface area (Å²) < 4.78 is 162. The van der Waals surface area contributed by atoms with Gasteiger partial charge in [-0.3, -0.25) is 0 Å². The van der Waals surface area contributed by atoms with Crippen molar-refractivity contribution in [2.75, 3.05) is 6.26 Å². The molecular formula is C23H19F6NO8S3. The Bertz CT molecular complexity index is 1740. The second-order valence-electron chi connectivity index (χ2n) is 8.36. The van der Waals surface area contributed by atoms with Crippen LogP contribution in [0.2, 0.25) is 0 Å². The maximum Gasteiger partial charge on any atom is 0.573 e. The van der Waals surface area contributed by atoms with Crippen LogP contribution in [0.15, 0.2) is 86.3 Å². The minimum atomic E-state index is -5.27. The lowest BCUT2D eigenvalue weighted by Gasteiger charge is -2.16. The molecule has 0 aliphatic rings. The van der Waals surface area contributed by atoms with Crippen molar-refractivity contribution < 1.29 is 61.1 Å². The third kappa shape index (κ3) is 8.34. The van der Waals surface area contributed by atoms with Gasteiger partial charge in [0, 0.05) is 12.1 Å². The van der Waals surface area contributed by atoms with E-state index in [-0.39, 0.29) is 0 Å². The SMILES string of the molecule is C[C@H](NS(C)(=O)=O)c1ccc(S(=O)(=O)c2ccc(OC(F)(F)F)cc2S(=O)(=O)c2ccc(OC(F)(F)F)cc2)cc1. The van der Waals surface area contributed by atoms with Crippen LogP contribution in [-0.2, 0) is 29.7 Å². The van der Waals surface area contributed by atoms with Gasteiger partial charge in [-0.15, -0.1) is 26.3 Å². The molecule has 0 saturated carbocycles. The third-order valence-corrected chi connectivity index (χ3v) is 9.72. The van der Waals surface area contributed by atoms with Crippen molar-refractivity contribution in [2.24, 2.45) is 0 Å². The zero-order chi connectivity index (χ0) is 31.0. The van der Waals surface area contributed by atoms with Crippen molar-refractivity contribution in [1.29, 1.82) is 0 Å². The number of nitrogens with one attached hydrogen (secondary N) is 1. The van der Waals surface area contributed by atoms with E-state index in [1.54, 1.807) is 0 Å². The van der Waals surface area contributed by atoms with Gasteiger partial charge in [0.15, 0.2) is 0 Å². The van der Waals surface area contributed by atoms with Gasteiger partial charge >= 0.3 is 12.7 Å². The van der Waals surface area contributed by atoms with Gasteiger partial charge < -0.3 is 9.47 Å². The van der Waals surface area contributed by atoms with Crippen LogP contribution in [0, 0.1) is 0 Å². The molecule has 0 amide bonds. The van der Waals surface area contributed by atoms with Crippen LogP contribution in [0.1, 0.15) is 18.5 Å². The first-order valence-electron chi connectivity index (χ1n) is 10.9. The number of rotatable bonds is 9. The molecule has 18 heteroatoms. The van der Waals surface area contributed by atoms with Gasteiger partial charge in [0.05, 0.1) is 25.8 Å². The van der Waals surface area contributed by atoms with Crippen LogP contribution in [0.5, 0.6) is 11.5 Å². The Balaban J connectivity index is 2.13. The van der Waals surface area contributed by atoms with Crippen molar-refractivity contribution >= 4 is 29.7 Å². The maximum absolute atomic E-state index is 13.5. The first kappa shape index (κ1) is 32.2. The minimum Gasteiger partial charge on any atom is -0.406 e. The lowest BCUT2D eigenvalue weighted by molar-refractivity contribution is -0.275. The van der Waals surface area contributed by atoms with E-state index in [1.807, 2.05) is 0 Å². The molecule has 0 fully saturated rings. The largest absolute Gasteiger partial charge is 0.573 e. The Hall–Kier alpha value is -3.35. The summed E-state index contributed by atoms with van der Waals surface area (Å²) >= 11 is 0. The van der Waals surface area contributed by atoms with E-state index < -0.39 is 79.5 Å². The first-order valence-corrected chi connectivity index (χ1v) is 15.8. The molecule has 0 saturated heterocycles.